The van der Waals surface area contributed by atoms with Gasteiger partial charge in [0.25, 0.3) is 0 Å². The van der Waals surface area contributed by atoms with E-state index in [2.05, 4.69) is 44.8 Å². The normalized spacial score (nSPS) is 20.3. The van der Waals surface area contributed by atoms with Crippen LogP contribution in [0.2, 0.25) is 0 Å². The summed E-state index contributed by atoms with van der Waals surface area (Å²) in [6.45, 7) is 0.954. The number of nitrogens with two attached hydrogens (primary N) is 1. The smallest absolute Gasteiger partial charge is 0.0494 e. The van der Waals surface area contributed by atoms with Gasteiger partial charge in [0.05, 0.1) is 0 Å². The minimum absolute atomic E-state index is 0.299. The number of aromatic nitrogens is 1. The first-order valence-electron chi connectivity index (χ1n) is 4.77. The quantitative estimate of drug-likeness (QED) is 0.765. The Morgan fingerprint density at radius 1 is 1.36 bits per heavy atom. The molecule has 2 nitrogen and oxygen atoms in total. The number of rotatable bonds is 0. The lowest BCUT2D eigenvalue weighted by Crippen LogP contribution is -2.20. The molecule has 0 spiro atoms. The molecule has 0 radical (unpaired) electrons. The molecule has 14 heavy (non-hydrogen) atoms. The van der Waals surface area contributed by atoms with E-state index in [1.165, 1.54) is 16.6 Å². The zero-order chi connectivity index (χ0) is 9.71. The highest BCUT2D eigenvalue weighted by Crippen LogP contribution is 2.27. The highest BCUT2D eigenvalue weighted by atomic mass is 79.9. The molecule has 2 aromatic rings. The van der Waals surface area contributed by atoms with Gasteiger partial charge in [-0.05, 0) is 23.6 Å². The van der Waals surface area contributed by atoms with E-state index >= 15 is 0 Å². The summed E-state index contributed by atoms with van der Waals surface area (Å²) < 4.78 is 3.46. The average Bonchev–Trinajstić information content (AvgIpc) is 2.62. The van der Waals surface area contributed by atoms with Gasteiger partial charge in [-0.3, -0.25) is 0 Å². The molecule has 1 unspecified atom stereocenters. The monoisotopic (exact) mass is 250 g/mol. The minimum Gasteiger partial charge on any atom is -0.343 e. The Morgan fingerprint density at radius 3 is 3.07 bits per heavy atom. The lowest BCUT2D eigenvalue weighted by molar-refractivity contribution is 0.652. The van der Waals surface area contributed by atoms with E-state index in [-0.39, 0.29) is 0 Å². The summed E-state index contributed by atoms with van der Waals surface area (Å²) >= 11 is 3.50. The predicted octanol–water partition coefficient (Wildman–Crippen LogP) is 2.29. The SMILES string of the molecule is NC1Cc2cc3ccc(Br)cc3n2C1. The van der Waals surface area contributed by atoms with Crippen molar-refractivity contribution in [2.24, 2.45) is 5.73 Å². The van der Waals surface area contributed by atoms with E-state index in [1.54, 1.807) is 0 Å². The van der Waals surface area contributed by atoms with Crippen molar-refractivity contribution in [3.05, 3.63) is 34.4 Å². The molecule has 1 aliphatic heterocycles. The van der Waals surface area contributed by atoms with Crippen molar-refractivity contribution in [3.63, 3.8) is 0 Å². The molecule has 0 saturated heterocycles. The van der Waals surface area contributed by atoms with Gasteiger partial charge in [-0.25, -0.2) is 0 Å². The van der Waals surface area contributed by atoms with Crippen molar-refractivity contribution in [1.82, 2.24) is 4.57 Å². The van der Waals surface area contributed by atoms with Crippen molar-refractivity contribution in [2.75, 3.05) is 0 Å². The van der Waals surface area contributed by atoms with E-state index in [4.69, 9.17) is 5.73 Å². The molecule has 1 aromatic heterocycles. The van der Waals surface area contributed by atoms with E-state index in [1.807, 2.05) is 0 Å². The third-order valence-electron chi connectivity index (χ3n) is 2.84. The molecule has 3 rings (SSSR count). The number of halogens is 1. The van der Waals surface area contributed by atoms with Crippen LogP contribution in [0.5, 0.6) is 0 Å². The first-order valence-corrected chi connectivity index (χ1v) is 5.56. The van der Waals surface area contributed by atoms with Crippen LogP contribution in [0.25, 0.3) is 10.9 Å². The number of hydrogen-bond donors (Lipinski definition) is 1. The maximum absolute atomic E-state index is 5.93. The number of hydrogen-bond acceptors (Lipinski definition) is 1. The van der Waals surface area contributed by atoms with E-state index in [0.29, 0.717) is 6.04 Å². The van der Waals surface area contributed by atoms with Gasteiger partial charge in [0.15, 0.2) is 0 Å². The van der Waals surface area contributed by atoms with Crippen LogP contribution >= 0.6 is 15.9 Å². The second kappa shape index (κ2) is 2.84. The molecule has 2 heterocycles. The van der Waals surface area contributed by atoms with Crippen molar-refractivity contribution in [1.29, 1.82) is 0 Å². The van der Waals surface area contributed by atoms with Gasteiger partial charge in [0.2, 0.25) is 0 Å². The summed E-state index contributed by atoms with van der Waals surface area (Å²) in [5, 5.41) is 1.31. The van der Waals surface area contributed by atoms with Crippen LogP contribution in [-0.2, 0) is 13.0 Å². The minimum atomic E-state index is 0.299. The standard InChI is InChI=1S/C11H11BrN2/c12-8-2-1-7-3-10-5-9(13)6-14(10)11(7)4-8/h1-4,9H,5-6,13H2. The highest BCUT2D eigenvalue weighted by molar-refractivity contribution is 9.10. The molecule has 0 bridgehead atoms. The molecule has 1 aromatic carbocycles. The lowest BCUT2D eigenvalue weighted by Gasteiger charge is -2.02. The van der Waals surface area contributed by atoms with E-state index < -0.39 is 0 Å². The molecule has 1 atom stereocenters. The summed E-state index contributed by atoms with van der Waals surface area (Å²) in [6, 6.07) is 8.94. The Bertz CT molecular complexity index is 501. The first-order chi connectivity index (χ1) is 6.74. The number of benzene rings is 1. The molecule has 0 fully saturated rings. The Balaban J connectivity index is 2.30. The molecule has 72 valence electrons. The lowest BCUT2D eigenvalue weighted by atomic mass is 10.2. The molecule has 3 heteroatoms. The fourth-order valence-electron chi connectivity index (χ4n) is 2.24. The fourth-order valence-corrected chi connectivity index (χ4v) is 2.59. The molecule has 0 aliphatic carbocycles. The Labute approximate surface area is 90.8 Å². The van der Waals surface area contributed by atoms with Gasteiger partial charge < -0.3 is 10.3 Å². The van der Waals surface area contributed by atoms with Gasteiger partial charge in [-0.1, -0.05) is 22.0 Å². The van der Waals surface area contributed by atoms with Crippen LogP contribution in [0.4, 0.5) is 0 Å². The third-order valence-corrected chi connectivity index (χ3v) is 3.33. The maximum Gasteiger partial charge on any atom is 0.0494 e. The largest absolute Gasteiger partial charge is 0.343 e. The molecule has 0 saturated carbocycles. The Morgan fingerprint density at radius 2 is 2.21 bits per heavy atom. The van der Waals surface area contributed by atoms with Gasteiger partial charge in [0, 0.05) is 34.7 Å². The van der Waals surface area contributed by atoms with Crippen molar-refractivity contribution in [2.45, 2.75) is 19.0 Å². The maximum atomic E-state index is 5.93. The van der Waals surface area contributed by atoms with Crippen LogP contribution in [0, 0.1) is 0 Å². The van der Waals surface area contributed by atoms with Crippen LogP contribution in [0.1, 0.15) is 5.69 Å². The zero-order valence-electron chi connectivity index (χ0n) is 7.70. The number of nitrogens with zero attached hydrogens (tertiary/aromatic N) is 1. The average molecular weight is 251 g/mol. The van der Waals surface area contributed by atoms with E-state index in [9.17, 15) is 0 Å². The van der Waals surface area contributed by atoms with Gasteiger partial charge in [0.1, 0.15) is 0 Å². The van der Waals surface area contributed by atoms with Crippen LogP contribution in [0.3, 0.4) is 0 Å². The second-order valence-electron chi connectivity index (χ2n) is 3.91. The second-order valence-corrected chi connectivity index (χ2v) is 4.83. The fraction of sp³-hybridized carbons (Fsp3) is 0.273. The number of fused-ring (bicyclic) bond motifs is 3. The van der Waals surface area contributed by atoms with Gasteiger partial charge in [-0.2, -0.15) is 0 Å². The van der Waals surface area contributed by atoms with E-state index in [0.717, 1.165) is 17.4 Å². The van der Waals surface area contributed by atoms with Crippen LogP contribution in [-0.4, -0.2) is 10.6 Å². The predicted molar refractivity (Wildman–Crippen MR) is 61.3 cm³/mol. The first kappa shape index (κ1) is 8.50. The topological polar surface area (TPSA) is 30.9 Å². The molecule has 1 aliphatic rings. The highest BCUT2D eigenvalue weighted by Gasteiger charge is 2.20. The summed E-state index contributed by atoms with van der Waals surface area (Å²) in [6.07, 6.45) is 1.01. The molecular formula is C11H11BrN2. The Kier molecular flexibility index (Phi) is 1.73. The molecule has 2 N–H and O–H groups in total. The summed E-state index contributed by atoms with van der Waals surface area (Å²) in [5.74, 6) is 0. The van der Waals surface area contributed by atoms with Crippen LogP contribution in [0.15, 0.2) is 28.7 Å². The summed E-state index contributed by atoms with van der Waals surface area (Å²) in [4.78, 5) is 0. The summed E-state index contributed by atoms with van der Waals surface area (Å²) in [5.41, 5.74) is 8.59. The summed E-state index contributed by atoms with van der Waals surface area (Å²) in [7, 11) is 0. The van der Waals surface area contributed by atoms with Crippen LogP contribution < -0.4 is 5.73 Å². The van der Waals surface area contributed by atoms with Crippen molar-refractivity contribution < 1.29 is 0 Å². The zero-order valence-corrected chi connectivity index (χ0v) is 9.29. The molecule has 0 amide bonds. The van der Waals surface area contributed by atoms with Gasteiger partial charge >= 0.3 is 0 Å². The Hall–Kier alpha value is -0.800. The van der Waals surface area contributed by atoms with Gasteiger partial charge in [-0.15, -0.1) is 0 Å². The van der Waals surface area contributed by atoms with Crippen molar-refractivity contribution >= 4 is 26.8 Å². The molecular weight excluding hydrogens is 240 g/mol. The third kappa shape index (κ3) is 1.12. The van der Waals surface area contributed by atoms with Crippen molar-refractivity contribution in [3.8, 4) is 0 Å².